The van der Waals surface area contributed by atoms with Crippen molar-refractivity contribution < 1.29 is 27.5 Å². The molecule has 176 valence electrons. The second kappa shape index (κ2) is 10.4. The number of esters is 1. The van der Waals surface area contributed by atoms with E-state index in [1.165, 1.54) is 23.4 Å². The molecule has 0 aliphatic carbocycles. The second-order valence-corrected chi connectivity index (χ2v) is 10.2. The van der Waals surface area contributed by atoms with Crippen molar-refractivity contribution in [1.29, 1.82) is 0 Å². The molecule has 2 aliphatic rings. The van der Waals surface area contributed by atoms with Crippen molar-refractivity contribution >= 4 is 33.5 Å². The van der Waals surface area contributed by atoms with Crippen molar-refractivity contribution in [3.05, 3.63) is 24.3 Å². The van der Waals surface area contributed by atoms with Gasteiger partial charge < -0.3 is 15.0 Å². The molecule has 0 bridgehead atoms. The minimum atomic E-state index is -3.66. The molecule has 2 amide bonds. The van der Waals surface area contributed by atoms with E-state index >= 15 is 0 Å². The van der Waals surface area contributed by atoms with Gasteiger partial charge in [0.2, 0.25) is 21.8 Å². The lowest BCUT2D eigenvalue weighted by Gasteiger charge is -2.36. The molecule has 2 fully saturated rings. The number of hydrogen-bond donors (Lipinski definition) is 1. The van der Waals surface area contributed by atoms with Crippen molar-refractivity contribution in [2.45, 2.75) is 44.4 Å². The number of nitrogens with zero attached hydrogens (tertiary/aromatic N) is 2. The molecule has 3 rings (SSSR count). The van der Waals surface area contributed by atoms with E-state index in [2.05, 4.69) is 5.32 Å². The number of benzene rings is 1. The number of anilines is 1. The zero-order chi connectivity index (χ0) is 23.3. The quantitative estimate of drug-likeness (QED) is 0.642. The normalized spacial score (nSPS) is 18.9. The van der Waals surface area contributed by atoms with Crippen molar-refractivity contribution in [3.63, 3.8) is 0 Å². The standard InChI is InChI=1S/C22H31N3O6S/c1-3-31-22(28)18-8-12-24(13-9-18)21(27)17-10-14-25(15-11-17)32(29,30)20-6-4-19(5-7-20)23-16(2)26/h4-7,17-18H,3,8-15H2,1-2H3,(H,23,26). The van der Waals surface area contributed by atoms with Gasteiger partial charge in [-0.05, 0) is 56.9 Å². The van der Waals surface area contributed by atoms with E-state index in [4.69, 9.17) is 4.74 Å². The van der Waals surface area contributed by atoms with Crippen LogP contribution in [0.2, 0.25) is 0 Å². The van der Waals surface area contributed by atoms with Crippen molar-refractivity contribution in [1.82, 2.24) is 9.21 Å². The van der Waals surface area contributed by atoms with Gasteiger partial charge in [-0.2, -0.15) is 4.31 Å². The Hall–Kier alpha value is -2.46. The lowest BCUT2D eigenvalue weighted by molar-refractivity contribution is -0.152. The molecule has 10 heteroatoms. The van der Waals surface area contributed by atoms with Crippen LogP contribution in [0.5, 0.6) is 0 Å². The summed E-state index contributed by atoms with van der Waals surface area (Å²) in [7, 11) is -3.66. The molecule has 0 atom stereocenters. The molecule has 1 N–H and O–H groups in total. The molecule has 2 saturated heterocycles. The third-order valence-corrected chi connectivity index (χ3v) is 7.96. The number of sulfonamides is 1. The molecule has 1 aromatic carbocycles. The fourth-order valence-electron chi connectivity index (χ4n) is 4.26. The summed E-state index contributed by atoms with van der Waals surface area (Å²) in [4.78, 5) is 37.9. The Morgan fingerprint density at radius 2 is 1.53 bits per heavy atom. The van der Waals surface area contributed by atoms with E-state index in [0.717, 1.165) is 0 Å². The van der Waals surface area contributed by atoms with Crippen LogP contribution in [0.4, 0.5) is 5.69 Å². The Morgan fingerprint density at radius 3 is 2.06 bits per heavy atom. The number of carbonyl (C=O) groups is 3. The van der Waals surface area contributed by atoms with Gasteiger partial charge in [0.05, 0.1) is 17.4 Å². The predicted molar refractivity (Wildman–Crippen MR) is 118 cm³/mol. The fraction of sp³-hybridized carbons (Fsp3) is 0.591. The Bertz CT molecular complexity index is 931. The number of rotatable bonds is 6. The maximum atomic E-state index is 13.0. The molecule has 2 aliphatic heterocycles. The highest BCUT2D eigenvalue weighted by Crippen LogP contribution is 2.27. The zero-order valence-electron chi connectivity index (χ0n) is 18.6. The molecule has 0 unspecified atom stereocenters. The van der Waals surface area contributed by atoms with Crippen molar-refractivity contribution in [2.24, 2.45) is 11.8 Å². The summed E-state index contributed by atoms with van der Waals surface area (Å²) in [6.07, 6.45) is 2.15. The van der Waals surface area contributed by atoms with Crippen LogP contribution < -0.4 is 5.32 Å². The summed E-state index contributed by atoms with van der Waals surface area (Å²) in [5.74, 6) is -0.726. The lowest BCUT2D eigenvalue weighted by atomic mass is 9.92. The summed E-state index contributed by atoms with van der Waals surface area (Å²) >= 11 is 0. The van der Waals surface area contributed by atoms with E-state index < -0.39 is 10.0 Å². The van der Waals surface area contributed by atoms with Gasteiger partial charge >= 0.3 is 5.97 Å². The van der Waals surface area contributed by atoms with Gasteiger partial charge in [-0.25, -0.2) is 8.42 Å². The minimum Gasteiger partial charge on any atom is -0.466 e. The molecule has 32 heavy (non-hydrogen) atoms. The topological polar surface area (TPSA) is 113 Å². The first-order valence-corrected chi connectivity index (χ1v) is 12.5. The van der Waals surface area contributed by atoms with Gasteiger partial charge in [0.15, 0.2) is 0 Å². The summed E-state index contributed by atoms with van der Waals surface area (Å²) in [6.45, 7) is 5.15. The average molecular weight is 466 g/mol. The summed E-state index contributed by atoms with van der Waals surface area (Å²) in [5.41, 5.74) is 0.535. The molecule has 0 saturated carbocycles. The van der Waals surface area contributed by atoms with E-state index in [-0.39, 0.29) is 47.6 Å². The zero-order valence-corrected chi connectivity index (χ0v) is 19.4. The number of carbonyl (C=O) groups excluding carboxylic acids is 3. The smallest absolute Gasteiger partial charge is 0.309 e. The Labute approximate surface area is 189 Å². The fourth-order valence-corrected chi connectivity index (χ4v) is 5.73. The number of ether oxygens (including phenoxy) is 1. The van der Waals surface area contributed by atoms with Gasteiger partial charge in [0.25, 0.3) is 0 Å². The van der Waals surface area contributed by atoms with Crippen LogP contribution in [0.25, 0.3) is 0 Å². The maximum Gasteiger partial charge on any atom is 0.309 e. The van der Waals surface area contributed by atoms with Crippen LogP contribution >= 0.6 is 0 Å². The monoisotopic (exact) mass is 465 g/mol. The Balaban J connectivity index is 1.52. The largest absolute Gasteiger partial charge is 0.466 e. The number of likely N-dealkylation sites (tertiary alicyclic amines) is 1. The molecule has 0 spiro atoms. The highest BCUT2D eigenvalue weighted by molar-refractivity contribution is 7.89. The predicted octanol–water partition coefficient (Wildman–Crippen LogP) is 1.85. The molecule has 0 aromatic heterocycles. The van der Waals surface area contributed by atoms with Gasteiger partial charge in [0, 0.05) is 44.7 Å². The van der Waals surface area contributed by atoms with Gasteiger partial charge in [-0.3, -0.25) is 14.4 Å². The summed E-state index contributed by atoms with van der Waals surface area (Å²) in [6, 6.07) is 6.08. The van der Waals surface area contributed by atoms with E-state index in [1.54, 1.807) is 24.0 Å². The SMILES string of the molecule is CCOC(=O)C1CCN(C(=O)C2CCN(S(=O)(=O)c3ccc(NC(C)=O)cc3)CC2)CC1. The first-order chi connectivity index (χ1) is 15.2. The number of amides is 2. The van der Waals surface area contributed by atoms with Crippen LogP contribution in [0.15, 0.2) is 29.2 Å². The third-order valence-electron chi connectivity index (χ3n) is 6.04. The van der Waals surface area contributed by atoms with Crippen LogP contribution in [-0.4, -0.2) is 68.2 Å². The second-order valence-electron chi connectivity index (χ2n) is 8.24. The lowest BCUT2D eigenvalue weighted by Crippen LogP contribution is -2.47. The van der Waals surface area contributed by atoms with Crippen molar-refractivity contribution in [3.8, 4) is 0 Å². The first kappa shape index (κ1) is 24.2. The Morgan fingerprint density at radius 1 is 0.969 bits per heavy atom. The number of hydrogen-bond acceptors (Lipinski definition) is 6. The number of piperidine rings is 2. The van der Waals surface area contributed by atoms with Crippen LogP contribution in [0.3, 0.4) is 0 Å². The molecular formula is C22H31N3O6S. The molecule has 2 heterocycles. The molecule has 0 radical (unpaired) electrons. The van der Waals surface area contributed by atoms with Gasteiger partial charge in [-0.15, -0.1) is 0 Å². The highest BCUT2D eigenvalue weighted by atomic mass is 32.2. The van der Waals surface area contributed by atoms with E-state index in [9.17, 15) is 22.8 Å². The van der Waals surface area contributed by atoms with Crippen LogP contribution in [0, 0.1) is 11.8 Å². The van der Waals surface area contributed by atoms with Crippen LogP contribution in [0.1, 0.15) is 39.5 Å². The highest BCUT2D eigenvalue weighted by Gasteiger charge is 2.35. The molecule has 1 aromatic rings. The minimum absolute atomic E-state index is 0.0454. The summed E-state index contributed by atoms with van der Waals surface area (Å²) < 4.78 is 32.4. The maximum absolute atomic E-state index is 13.0. The van der Waals surface area contributed by atoms with Crippen LogP contribution in [-0.2, 0) is 29.1 Å². The van der Waals surface area contributed by atoms with Crippen molar-refractivity contribution in [2.75, 3.05) is 38.1 Å². The summed E-state index contributed by atoms with van der Waals surface area (Å²) in [5, 5.41) is 2.61. The first-order valence-electron chi connectivity index (χ1n) is 11.1. The van der Waals surface area contributed by atoms with Gasteiger partial charge in [0.1, 0.15) is 0 Å². The third kappa shape index (κ3) is 5.66. The molecular weight excluding hydrogens is 434 g/mol. The Kier molecular flexibility index (Phi) is 7.89. The average Bonchev–Trinajstić information content (AvgIpc) is 2.79. The van der Waals surface area contributed by atoms with E-state index in [1.807, 2.05) is 0 Å². The molecule has 9 nitrogen and oxygen atoms in total. The van der Waals surface area contributed by atoms with E-state index in [0.29, 0.717) is 51.1 Å². The number of nitrogens with one attached hydrogen (secondary N) is 1. The van der Waals surface area contributed by atoms with Gasteiger partial charge in [-0.1, -0.05) is 0 Å².